The van der Waals surface area contributed by atoms with Crippen molar-refractivity contribution in [1.29, 1.82) is 0 Å². The van der Waals surface area contributed by atoms with Crippen LogP contribution in [0.5, 0.6) is 0 Å². The van der Waals surface area contributed by atoms with Crippen LogP contribution in [0.15, 0.2) is 35.2 Å². The predicted octanol–water partition coefficient (Wildman–Crippen LogP) is 2.18. The summed E-state index contributed by atoms with van der Waals surface area (Å²) in [5, 5.41) is 0. The van der Waals surface area contributed by atoms with Gasteiger partial charge in [0.2, 0.25) is 10.0 Å². The van der Waals surface area contributed by atoms with Crippen LogP contribution in [0.4, 0.5) is 0 Å². The summed E-state index contributed by atoms with van der Waals surface area (Å²) in [4.78, 5) is 8.91. The minimum atomic E-state index is -3.49. The number of aromatic nitrogens is 2. The molecule has 0 saturated heterocycles. The number of hydrogen-bond donors (Lipinski definition) is 1. The number of nitrogens with one attached hydrogen (secondary N) is 1. The Balaban J connectivity index is 2.03. The second-order valence-corrected chi connectivity index (χ2v) is 6.98. The van der Waals surface area contributed by atoms with E-state index < -0.39 is 10.0 Å². The van der Waals surface area contributed by atoms with E-state index in [0.717, 1.165) is 23.4 Å². The third-order valence-electron chi connectivity index (χ3n) is 3.29. The number of hydrogen-bond acceptors (Lipinski definition) is 4. The Kier molecular flexibility index (Phi) is 5.26. The minimum absolute atomic E-state index is 0.279. The number of benzene rings is 1. The molecule has 0 aliphatic carbocycles. The number of sulfonamides is 1. The molecule has 1 heterocycles. The van der Waals surface area contributed by atoms with E-state index in [1.165, 1.54) is 0 Å². The van der Waals surface area contributed by atoms with Crippen LogP contribution in [0.25, 0.3) is 0 Å². The van der Waals surface area contributed by atoms with Crippen LogP contribution >= 0.6 is 0 Å². The molecule has 0 aliphatic rings. The van der Waals surface area contributed by atoms with Gasteiger partial charge in [-0.05, 0) is 44.0 Å². The van der Waals surface area contributed by atoms with Gasteiger partial charge in [-0.3, -0.25) is 0 Å². The molecule has 0 fully saturated rings. The lowest BCUT2D eigenvalue weighted by molar-refractivity contribution is 0.580. The number of nitrogens with zero attached hydrogens (tertiary/aromatic N) is 2. The molecule has 0 atom stereocenters. The molecule has 1 N–H and O–H groups in total. The number of rotatable bonds is 6. The third-order valence-corrected chi connectivity index (χ3v) is 4.74. The standard InChI is InChI=1S/C16H21N3O2S/c1-4-14-6-5-7-15(11-14)22(20,21)17-9-8-16-18-12(2)10-13(3)19-16/h5-7,10-11,17H,4,8-9H2,1-3H3. The lowest BCUT2D eigenvalue weighted by Gasteiger charge is -2.08. The zero-order chi connectivity index (χ0) is 16.2. The fraction of sp³-hybridized carbons (Fsp3) is 0.375. The fourth-order valence-corrected chi connectivity index (χ4v) is 3.33. The SMILES string of the molecule is CCc1cccc(S(=O)(=O)NCCc2nc(C)cc(C)n2)c1. The van der Waals surface area contributed by atoms with E-state index in [-0.39, 0.29) is 6.54 Å². The molecular weight excluding hydrogens is 298 g/mol. The van der Waals surface area contributed by atoms with Crippen molar-refractivity contribution in [3.05, 3.63) is 53.1 Å². The molecule has 0 spiro atoms. The lowest BCUT2D eigenvalue weighted by Crippen LogP contribution is -2.26. The first-order valence-corrected chi connectivity index (χ1v) is 8.79. The van der Waals surface area contributed by atoms with Gasteiger partial charge in [-0.15, -0.1) is 0 Å². The van der Waals surface area contributed by atoms with Gasteiger partial charge >= 0.3 is 0 Å². The van der Waals surface area contributed by atoms with Crippen LogP contribution in [-0.4, -0.2) is 24.9 Å². The van der Waals surface area contributed by atoms with Crippen LogP contribution in [0.3, 0.4) is 0 Å². The van der Waals surface area contributed by atoms with E-state index in [4.69, 9.17) is 0 Å². The molecule has 2 aromatic rings. The highest BCUT2D eigenvalue weighted by atomic mass is 32.2. The lowest BCUT2D eigenvalue weighted by atomic mass is 10.2. The Bertz CT molecular complexity index is 737. The van der Waals surface area contributed by atoms with Gasteiger partial charge in [0.15, 0.2) is 0 Å². The third kappa shape index (κ3) is 4.35. The van der Waals surface area contributed by atoms with Crippen molar-refractivity contribution in [2.24, 2.45) is 0 Å². The molecule has 0 aliphatic heterocycles. The Morgan fingerprint density at radius 1 is 1.09 bits per heavy atom. The van der Waals surface area contributed by atoms with Gasteiger partial charge in [0.1, 0.15) is 5.82 Å². The summed E-state index contributed by atoms with van der Waals surface area (Å²) in [5.74, 6) is 0.655. The molecule has 0 bridgehead atoms. The predicted molar refractivity (Wildman–Crippen MR) is 86.2 cm³/mol. The van der Waals surface area contributed by atoms with E-state index in [9.17, 15) is 8.42 Å². The van der Waals surface area contributed by atoms with E-state index in [2.05, 4.69) is 14.7 Å². The van der Waals surface area contributed by atoms with Crippen molar-refractivity contribution in [3.8, 4) is 0 Å². The van der Waals surface area contributed by atoms with E-state index in [1.54, 1.807) is 18.2 Å². The van der Waals surface area contributed by atoms with E-state index >= 15 is 0 Å². The van der Waals surface area contributed by atoms with Crippen molar-refractivity contribution in [2.75, 3.05) is 6.54 Å². The molecule has 5 nitrogen and oxygen atoms in total. The van der Waals surface area contributed by atoms with Gasteiger partial charge in [0.25, 0.3) is 0 Å². The van der Waals surface area contributed by atoms with Gasteiger partial charge < -0.3 is 0 Å². The summed E-state index contributed by atoms with van der Waals surface area (Å²) in [6, 6.07) is 8.89. The zero-order valence-corrected chi connectivity index (χ0v) is 13.9. The fourth-order valence-electron chi connectivity index (χ4n) is 2.22. The molecule has 2 rings (SSSR count). The average molecular weight is 319 g/mol. The first kappa shape index (κ1) is 16.6. The molecule has 6 heteroatoms. The molecule has 1 aromatic heterocycles. The maximum atomic E-state index is 12.3. The van der Waals surface area contributed by atoms with Crippen LogP contribution in [0.1, 0.15) is 29.7 Å². The zero-order valence-electron chi connectivity index (χ0n) is 13.1. The van der Waals surface area contributed by atoms with Crippen molar-refractivity contribution in [3.63, 3.8) is 0 Å². The summed E-state index contributed by atoms with van der Waals surface area (Å²) in [5.41, 5.74) is 2.78. The summed E-state index contributed by atoms with van der Waals surface area (Å²) in [6.07, 6.45) is 1.27. The summed E-state index contributed by atoms with van der Waals surface area (Å²) in [6.45, 7) is 6.08. The van der Waals surface area contributed by atoms with Crippen molar-refractivity contribution < 1.29 is 8.42 Å². The monoisotopic (exact) mass is 319 g/mol. The smallest absolute Gasteiger partial charge is 0.238 e. The van der Waals surface area contributed by atoms with Gasteiger partial charge in [0.05, 0.1) is 4.90 Å². The minimum Gasteiger partial charge on any atom is -0.238 e. The summed E-state index contributed by atoms with van der Waals surface area (Å²) >= 11 is 0. The van der Waals surface area contributed by atoms with Crippen molar-refractivity contribution in [1.82, 2.24) is 14.7 Å². The van der Waals surface area contributed by atoms with Crippen molar-refractivity contribution in [2.45, 2.75) is 38.5 Å². The summed E-state index contributed by atoms with van der Waals surface area (Å²) < 4.78 is 27.2. The van der Waals surface area contributed by atoms with Gasteiger partial charge in [-0.2, -0.15) is 0 Å². The highest BCUT2D eigenvalue weighted by molar-refractivity contribution is 7.89. The van der Waals surface area contributed by atoms with Crippen LogP contribution in [0, 0.1) is 13.8 Å². The molecule has 22 heavy (non-hydrogen) atoms. The van der Waals surface area contributed by atoms with Crippen LogP contribution in [0.2, 0.25) is 0 Å². The topological polar surface area (TPSA) is 72.0 Å². The summed E-state index contributed by atoms with van der Waals surface area (Å²) in [7, 11) is -3.49. The van der Waals surface area contributed by atoms with E-state index in [0.29, 0.717) is 17.1 Å². The van der Waals surface area contributed by atoms with E-state index in [1.807, 2.05) is 32.9 Å². The molecule has 118 valence electrons. The second kappa shape index (κ2) is 6.98. The maximum Gasteiger partial charge on any atom is 0.240 e. The molecular formula is C16H21N3O2S. The normalized spacial score (nSPS) is 11.6. The Hall–Kier alpha value is -1.79. The molecule has 0 radical (unpaired) electrons. The average Bonchev–Trinajstić information content (AvgIpc) is 2.46. The second-order valence-electron chi connectivity index (χ2n) is 5.22. The molecule has 0 unspecified atom stereocenters. The highest BCUT2D eigenvalue weighted by Crippen LogP contribution is 2.11. The first-order chi connectivity index (χ1) is 10.4. The molecule has 0 amide bonds. The van der Waals surface area contributed by atoms with Crippen LogP contribution < -0.4 is 4.72 Å². The maximum absolute atomic E-state index is 12.3. The van der Waals surface area contributed by atoms with Gasteiger partial charge in [-0.25, -0.2) is 23.1 Å². The van der Waals surface area contributed by atoms with Crippen molar-refractivity contribution >= 4 is 10.0 Å². The van der Waals surface area contributed by atoms with Gasteiger partial charge in [-0.1, -0.05) is 19.1 Å². The van der Waals surface area contributed by atoms with Crippen LogP contribution in [-0.2, 0) is 22.9 Å². The Morgan fingerprint density at radius 3 is 2.41 bits per heavy atom. The highest BCUT2D eigenvalue weighted by Gasteiger charge is 2.14. The quantitative estimate of drug-likeness (QED) is 0.886. The molecule has 0 saturated carbocycles. The number of aryl methyl sites for hydroxylation is 3. The Morgan fingerprint density at radius 2 is 1.77 bits per heavy atom. The largest absolute Gasteiger partial charge is 0.240 e. The Labute approximate surface area is 131 Å². The van der Waals surface area contributed by atoms with Gasteiger partial charge in [0, 0.05) is 24.4 Å². The first-order valence-electron chi connectivity index (χ1n) is 7.30. The molecule has 1 aromatic carbocycles.